The molecule has 0 aliphatic heterocycles. The van der Waals surface area contributed by atoms with Crippen LogP contribution in [0.25, 0.3) is 16.3 Å². The molecule has 4 nitrogen and oxygen atoms in total. The van der Waals surface area contributed by atoms with Crippen molar-refractivity contribution in [3.8, 4) is 10.7 Å². The van der Waals surface area contributed by atoms with Crippen LogP contribution in [-0.2, 0) is 5.75 Å². The van der Waals surface area contributed by atoms with E-state index in [0.29, 0.717) is 0 Å². The average Bonchev–Trinajstić information content (AvgIpc) is 3.21. The molecular formula is C16H11ClN4S2. The van der Waals surface area contributed by atoms with E-state index in [1.165, 1.54) is 5.56 Å². The first kappa shape index (κ1) is 14.7. The third-order valence-electron chi connectivity index (χ3n) is 3.26. The summed E-state index contributed by atoms with van der Waals surface area (Å²) >= 11 is 9.32. The fraction of sp³-hybridized carbons (Fsp3) is 0.0625. The molecule has 23 heavy (non-hydrogen) atoms. The maximum Gasteiger partial charge on any atom is 0.195 e. The molecule has 4 rings (SSSR count). The van der Waals surface area contributed by atoms with Crippen LogP contribution in [0.5, 0.6) is 0 Å². The summed E-state index contributed by atoms with van der Waals surface area (Å²) in [7, 11) is 0. The smallest absolute Gasteiger partial charge is 0.191 e. The predicted octanol–water partition coefficient (Wildman–Crippen LogP) is 4.80. The highest BCUT2D eigenvalue weighted by Crippen LogP contribution is 2.26. The minimum Gasteiger partial charge on any atom is -0.191 e. The van der Waals surface area contributed by atoms with Crippen molar-refractivity contribution in [2.75, 3.05) is 0 Å². The molecule has 7 heteroatoms. The monoisotopic (exact) mass is 358 g/mol. The maximum absolute atomic E-state index is 6.02. The number of fused-ring (bicyclic) bond motifs is 1. The van der Waals surface area contributed by atoms with Gasteiger partial charge in [0, 0.05) is 10.8 Å². The summed E-state index contributed by atoms with van der Waals surface area (Å²) < 4.78 is 1.80. The van der Waals surface area contributed by atoms with Gasteiger partial charge in [-0.15, -0.1) is 21.5 Å². The molecule has 0 amide bonds. The lowest BCUT2D eigenvalue weighted by molar-refractivity contribution is 0.862. The molecule has 0 bridgehead atoms. The number of halogens is 1. The van der Waals surface area contributed by atoms with Crippen molar-refractivity contribution in [1.82, 2.24) is 19.8 Å². The van der Waals surface area contributed by atoms with Gasteiger partial charge in [-0.3, -0.25) is 0 Å². The lowest BCUT2D eigenvalue weighted by Gasteiger charge is -2.03. The first-order valence-corrected chi connectivity index (χ1v) is 9.17. The van der Waals surface area contributed by atoms with Gasteiger partial charge in [0.15, 0.2) is 11.5 Å². The van der Waals surface area contributed by atoms with Gasteiger partial charge in [-0.25, -0.2) is 0 Å². The lowest BCUT2D eigenvalue weighted by atomic mass is 10.2. The molecule has 0 aliphatic carbocycles. The minimum atomic E-state index is 0.750. The van der Waals surface area contributed by atoms with E-state index in [-0.39, 0.29) is 0 Å². The largest absolute Gasteiger partial charge is 0.195 e. The van der Waals surface area contributed by atoms with Gasteiger partial charge < -0.3 is 0 Å². The number of thiophene rings is 1. The van der Waals surface area contributed by atoms with Crippen molar-refractivity contribution in [2.45, 2.75) is 10.8 Å². The van der Waals surface area contributed by atoms with Crippen LogP contribution in [-0.4, -0.2) is 19.8 Å². The van der Waals surface area contributed by atoms with Crippen LogP contribution < -0.4 is 0 Å². The van der Waals surface area contributed by atoms with Crippen molar-refractivity contribution in [3.05, 3.63) is 64.5 Å². The van der Waals surface area contributed by atoms with Gasteiger partial charge in [0.05, 0.1) is 4.88 Å². The van der Waals surface area contributed by atoms with Crippen molar-refractivity contribution in [1.29, 1.82) is 0 Å². The quantitative estimate of drug-likeness (QED) is 0.491. The summed E-state index contributed by atoms with van der Waals surface area (Å²) in [6.07, 6.45) is 0. The van der Waals surface area contributed by atoms with Crippen molar-refractivity contribution >= 4 is 40.3 Å². The summed E-state index contributed by atoms with van der Waals surface area (Å²) in [5, 5.41) is 16.8. The van der Waals surface area contributed by atoms with Crippen LogP contribution in [0.2, 0.25) is 5.02 Å². The van der Waals surface area contributed by atoms with Crippen LogP contribution in [0.3, 0.4) is 0 Å². The molecule has 0 saturated carbocycles. The second-order valence-corrected chi connectivity index (χ2v) is 7.24. The topological polar surface area (TPSA) is 43.1 Å². The third-order valence-corrected chi connectivity index (χ3v) is 5.35. The molecule has 0 saturated heterocycles. The standard InChI is InChI=1S/C16H11ClN4S2/c17-12-4-1-3-11(9-12)10-23-15-7-6-14-18-19-16(21(14)20-15)13-5-2-8-22-13/h1-9H,10H2. The Kier molecular flexibility index (Phi) is 4.03. The molecule has 1 aromatic carbocycles. The Balaban J connectivity index is 1.62. The molecule has 0 unspecified atom stereocenters. The second-order valence-electron chi connectivity index (χ2n) is 4.86. The first-order valence-electron chi connectivity index (χ1n) is 6.93. The number of aromatic nitrogens is 4. The van der Waals surface area contributed by atoms with Gasteiger partial charge >= 0.3 is 0 Å². The molecule has 3 heterocycles. The molecule has 0 radical (unpaired) electrons. The van der Waals surface area contributed by atoms with E-state index < -0.39 is 0 Å². The Bertz CT molecular complexity index is 950. The van der Waals surface area contributed by atoms with Gasteiger partial charge in [0.25, 0.3) is 0 Å². The average molecular weight is 359 g/mol. The van der Waals surface area contributed by atoms with E-state index in [1.807, 2.05) is 47.8 Å². The zero-order chi connectivity index (χ0) is 15.6. The zero-order valence-electron chi connectivity index (χ0n) is 11.9. The summed E-state index contributed by atoms with van der Waals surface area (Å²) in [5.74, 6) is 1.59. The van der Waals surface area contributed by atoms with Crippen molar-refractivity contribution < 1.29 is 0 Å². The van der Waals surface area contributed by atoms with Crippen LogP contribution in [0.15, 0.2) is 58.9 Å². The van der Waals surface area contributed by atoms with E-state index in [0.717, 1.165) is 32.2 Å². The molecule has 0 N–H and O–H groups in total. The Morgan fingerprint density at radius 2 is 2.04 bits per heavy atom. The normalized spacial score (nSPS) is 11.2. The number of hydrogen-bond acceptors (Lipinski definition) is 5. The Labute approximate surface area is 146 Å². The fourth-order valence-corrected chi connectivity index (χ4v) is 3.90. The van der Waals surface area contributed by atoms with Gasteiger partial charge in [-0.1, -0.05) is 41.6 Å². The number of nitrogens with zero attached hydrogens (tertiary/aromatic N) is 4. The zero-order valence-corrected chi connectivity index (χ0v) is 14.3. The van der Waals surface area contributed by atoms with Gasteiger partial charge in [-0.05, 0) is 41.3 Å². The Morgan fingerprint density at radius 1 is 1.09 bits per heavy atom. The Morgan fingerprint density at radius 3 is 2.87 bits per heavy atom. The molecular weight excluding hydrogens is 348 g/mol. The van der Waals surface area contributed by atoms with Crippen LogP contribution >= 0.6 is 34.7 Å². The van der Waals surface area contributed by atoms with Crippen molar-refractivity contribution in [3.63, 3.8) is 0 Å². The highest BCUT2D eigenvalue weighted by molar-refractivity contribution is 7.98. The second kappa shape index (κ2) is 6.31. The number of thioether (sulfide) groups is 1. The van der Waals surface area contributed by atoms with E-state index in [2.05, 4.69) is 21.4 Å². The molecule has 4 aromatic rings. The molecule has 3 aromatic heterocycles. The molecule has 0 spiro atoms. The van der Waals surface area contributed by atoms with E-state index in [9.17, 15) is 0 Å². The Hall–Kier alpha value is -1.89. The fourth-order valence-electron chi connectivity index (χ4n) is 2.19. The predicted molar refractivity (Wildman–Crippen MR) is 95.1 cm³/mol. The summed E-state index contributed by atoms with van der Waals surface area (Å²) in [4.78, 5) is 1.06. The number of benzene rings is 1. The van der Waals surface area contributed by atoms with Gasteiger partial charge in [-0.2, -0.15) is 9.61 Å². The van der Waals surface area contributed by atoms with Gasteiger partial charge in [0.2, 0.25) is 0 Å². The van der Waals surface area contributed by atoms with E-state index in [1.54, 1.807) is 27.6 Å². The van der Waals surface area contributed by atoms with Crippen molar-refractivity contribution in [2.24, 2.45) is 0 Å². The van der Waals surface area contributed by atoms with E-state index >= 15 is 0 Å². The van der Waals surface area contributed by atoms with Crippen LogP contribution in [0.1, 0.15) is 5.56 Å². The van der Waals surface area contributed by atoms with Crippen LogP contribution in [0, 0.1) is 0 Å². The highest BCUT2D eigenvalue weighted by atomic mass is 35.5. The number of hydrogen-bond donors (Lipinski definition) is 0. The lowest BCUT2D eigenvalue weighted by Crippen LogP contribution is -1.95. The minimum absolute atomic E-state index is 0.750. The molecule has 0 atom stereocenters. The van der Waals surface area contributed by atoms with E-state index in [4.69, 9.17) is 11.6 Å². The highest BCUT2D eigenvalue weighted by Gasteiger charge is 2.11. The first-order chi connectivity index (χ1) is 11.3. The summed E-state index contributed by atoms with van der Waals surface area (Å²) in [5.41, 5.74) is 1.92. The van der Waals surface area contributed by atoms with Crippen LogP contribution in [0.4, 0.5) is 0 Å². The molecule has 114 valence electrons. The molecule has 0 fully saturated rings. The van der Waals surface area contributed by atoms with Gasteiger partial charge in [0.1, 0.15) is 5.03 Å². The SMILES string of the molecule is Clc1cccc(CSc2ccc3nnc(-c4cccs4)n3n2)c1. The third kappa shape index (κ3) is 3.10. The number of rotatable bonds is 4. The molecule has 0 aliphatic rings. The maximum atomic E-state index is 6.02. The summed E-state index contributed by atoms with van der Waals surface area (Å²) in [6, 6.07) is 15.8. The summed E-state index contributed by atoms with van der Waals surface area (Å²) in [6.45, 7) is 0.